The van der Waals surface area contributed by atoms with Crippen molar-refractivity contribution in [3.63, 3.8) is 0 Å². The van der Waals surface area contributed by atoms with Gasteiger partial charge in [-0.3, -0.25) is 0 Å². The molecule has 3 rings (SSSR count). The highest BCUT2D eigenvalue weighted by Gasteiger charge is 2.41. The maximum Gasteiger partial charge on any atom is 0.208 e. The molecule has 1 saturated carbocycles. The van der Waals surface area contributed by atoms with Gasteiger partial charge in [-0.05, 0) is 24.7 Å². The predicted molar refractivity (Wildman–Crippen MR) is 76.3 cm³/mol. The van der Waals surface area contributed by atoms with Gasteiger partial charge in [0, 0.05) is 18.5 Å². The van der Waals surface area contributed by atoms with Gasteiger partial charge in [0.15, 0.2) is 0 Å². The Kier molecular flexibility index (Phi) is 3.31. The zero-order valence-corrected chi connectivity index (χ0v) is 12.4. The molecule has 1 aliphatic carbocycles. The second-order valence-electron chi connectivity index (χ2n) is 6.22. The first-order chi connectivity index (χ1) is 8.66. The molecule has 0 aromatic carbocycles. The van der Waals surface area contributed by atoms with Crippen LogP contribution in [0, 0.1) is 11.8 Å². The lowest BCUT2D eigenvalue weighted by Gasteiger charge is -2.31. The number of fused-ring (bicyclic) bond motifs is 1. The molecule has 2 heterocycles. The van der Waals surface area contributed by atoms with Gasteiger partial charge < -0.3 is 4.90 Å². The van der Waals surface area contributed by atoms with Gasteiger partial charge in [0.1, 0.15) is 5.01 Å². The van der Waals surface area contributed by atoms with Crippen molar-refractivity contribution in [2.75, 3.05) is 11.4 Å². The molecule has 1 aliphatic heterocycles. The molecule has 0 radical (unpaired) electrons. The standard InChI is InChI=1S/C14H23N3S/c1-9(2)13-15-16-14(18-13)17-8-10(3)11-6-4-5-7-12(11)17/h9-12H,4-8H2,1-3H3. The van der Waals surface area contributed by atoms with Crippen molar-refractivity contribution in [3.05, 3.63) is 5.01 Å². The molecule has 3 unspecified atom stereocenters. The fraction of sp³-hybridized carbons (Fsp3) is 0.857. The Labute approximate surface area is 114 Å². The van der Waals surface area contributed by atoms with E-state index < -0.39 is 0 Å². The van der Waals surface area contributed by atoms with Gasteiger partial charge in [0.05, 0.1) is 0 Å². The van der Waals surface area contributed by atoms with Crippen molar-refractivity contribution in [1.82, 2.24) is 10.2 Å². The minimum atomic E-state index is 0.499. The summed E-state index contributed by atoms with van der Waals surface area (Å²) in [4.78, 5) is 2.55. The van der Waals surface area contributed by atoms with Gasteiger partial charge in [-0.15, -0.1) is 10.2 Å². The van der Waals surface area contributed by atoms with Crippen molar-refractivity contribution in [3.8, 4) is 0 Å². The van der Waals surface area contributed by atoms with E-state index in [9.17, 15) is 0 Å². The van der Waals surface area contributed by atoms with Gasteiger partial charge in [-0.2, -0.15) is 0 Å². The Balaban J connectivity index is 1.82. The molecule has 0 N–H and O–H groups in total. The molecule has 2 aliphatic rings. The highest BCUT2D eigenvalue weighted by atomic mass is 32.1. The molecule has 1 saturated heterocycles. The quantitative estimate of drug-likeness (QED) is 0.817. The second kappa shape index (κ2) is 4.80. The van der Waals surface area contributed by atoms with Crippen molar-refractivity contribution < 1.29 is 0 Å². The molecular formula is C14H23N3S. The number of aromatic nitrogens is 2. The predicted octanol–water partition coefficient (Wildman–Crippen LogP) is 3.68. The molecule has 1 aromatic heterocycles. The molecule has 4 heteroatoms. The molecular weight excluding hydrogens is 242 g/mol. The van der Waals surface area contributed by atoms with E-state index in [-0.39, 0.29) is 0 Å². The van der Waals surface area contributed by atoms with Crippen LogP contribution in [-0.4, -0.2) is 22.8 Å². The SMILES string of the molecule is CC(C)c1nnc(N2CC(C)C3CCCCC32)s1. The molecule has 0 spiro atoms. The summed E-state index contributed by atoms with van der Waals surface area (Å²) in [7, 11) is 0. The lowest BCUT2D eigenvalue weighted by Crippen LogP contribution is -2.34. The molecule has 0 amide bonds. The van der Waals surface area contributed by atoms with Crippen molar-refractivity contribution in [2.24, 2.45) is 11.8 Å². The lowest BCUT2D eigenvalue weighted by atomic mass is 9.80. The van der Waals surface area contributed by atoms with E-state index in [1.54, 1.807) is 11.3 Å². The maximum absolute atomic E-state index is 4.44. The summed E-state index contributed by atoms with van der Waals surface area (Å²) in [5.41, 5.74) is 0. The first-order valence-electron chi connectivity index (χ1n) is 7.27. The van der Waals surface area contributed by atoms with Gasteiger partial charge in [-0.1, -0.05) is 44.9 Å². The van der Waals surface area contributed by atoms with E-state index >= 15 is 0 Å². The number of hydrogen-bond donors (Lipinski definition) is 0. The summed E-state index contributed by atoms with van der Waals surface area (Å²) in [6, 6.07) is 0.738. The van der Waals surface area contributed by atoms with Crippen LogP contribution in [0.3, 0.4) is 0 Å². The van der Waals surface area contributed by atoms with Crippen LogP contribution in [0.4, 0.5) is 5.13 Å². The Morgan fingerprint density at radius 2 is 2.00 bits per heavy atom. The van der Waals surface area contributed by atoms with Crippen LogP contribution in [0.25, 0.3) is 0 Å². The van der Waals surface area contributed by atoms with Crippen LogP contribution in [-0.2, 0) is 0 Å². The van der Waals surface area contributed by atoms with E-state index in [0.29, 0.717) is 5.92 Å². The van der Waals surface area contributed by atoms with Crippen LogP contribution >= 0.6 is 11.3 Å². The average Bonchev–Trinajstić information content (AvgIpc) is 2.95. The first-order valence-corrected chi connectivity index (χ1v) is 8.08. The van der Waals surface area contributed by atoms with Gasteiger partial charge in [0.2, 0.25) is 5.13 Å². The molecule has 1 aromatic rings. The Morgan fingerprint density at radius 1 is 1.22 bits per heavy atom. The zero-order chi connectivity index (χ0) is 12.7. The number of nitrogens with zero attached hydrogens (tertiary/aromatic N) is 3. The zero-order valence-electron chi connectivity index (χ0n) is 11.6. The van der Waals surface area contributed by atoms with Crippen LogP contribution in [0.15, 0.2) is 0 Å². The third-order valence-corrected chi connectivity index (χ3v) is 5.83. The molecule has 100 valence electrons. The summed E-state index contributed by atoms with van der Waals surface area (Å²) in [6.07, 6.45) is 5.58. The van der Waals surface area contributed by atoms with E-state index in [2.05, 4.69) is 35.9 Å². The Morgan fingerprint density at radius 3 is 2.72 bits per heavy atom. The molecule has 3 nitrogen and oxygen atoms in total. The minimum Gasteiger partial charge on any atom is -0.343 e. The molecule has 2 fully saturated rings. The van der Waals surface area contributed by atoms with E-state index in [1.807, 2.05) is 0 Å². The van der Waals surface area contributed by atoms with Crippen LogP contribution in [0.1, 0.15) is 57.4 Å². The summed E-state index contributed by atoms with van der Waals surface area (Å²) in [6.45, 7) is 7.98. The van der Waals surface area contributed by atoms with Gasteiger partial charge >= 0.3 is 0 Å². The van der Waals surface area contributed by atoms with Crippen LogP contribution in [0.2, 0.25) is 0 Å². The highest BCUT2D eigenvalue weighted by molar-refractivity contribution is 7.15. The summed E-state index contributed by atoms with van der Waals surface area (Å²) in [5, 5.41) is 11.1. The molecule has 0 bridgehead atoms. The third-order valence-electron chi connectivity index (χ3n) is 4.57. The topological polar surface area (TPSA) is 29.0 Å². The van der Waals surface area contributed by atoms with Gasteiger partial charge in [-0.25, -0.2) is 0 Å². The average molecular weight is 265 g/mol. The Bertz CT molecular complexity index is 415. The molecule has 18 heavy (non-hydrogen) atoms. The third kappa shape index (κ3) is 2.04. The van der Waals surface area contributed by atoms with Crippen LogP contribution < -0.4 is 4.90 Å². The summed E-state index contributed by atoms with van der Waals surface area (Å²) >= 11 is 1.80. The number of rotatable bonds is 2. The Hall–Kier alpha value is -0.640. The largest absolute Gasteiger partial charge is 0.343 e. The van der Waals surface area contributed by atoms with E-state index in [4.69, 9.17) is 0 Å². The monoisotopic (exact) mass is 265 g/mol. The fourth-order valence-corrected chi connectivity index (χ4v) is 4.48. The van der Waals surface area contributed by atoms with E-state index in [1.165, 1.54) is 42.4 Å². The fourth-order valence-electron chi connectivity index (χ4n) is 3.57. The summed E-state index contributed by atoms with van der Waals surface area (Å²) < 4.78 is 0. The number of anilines is 1. The summed E-state index contributed by atoms with van der Waals surface area (Å²) in [5.74, 6) is 2.21. The van der Waals surface area contributed by atoms with Crippen molar-refractivity contribution >= 4 is 16.5 Å². The smallest absolute Gasteiger partial charge is 0.208 e. The lowest BCUT2D eigenvalue weighted by molar-refractivity contribution is 0.293. The number of hydrogen-bond acceptors (Lipinski definition) is 4. The first kappa shape index (κ1) is 12.4. The van der Waals surface area contributed by atoms with Crippen molar-refractivity contribution in [2.45, 2.75) is 58.4 Å². The maximum atomic E-state index is 4.44. The van der Waals surface area contributed by atoms with Crippen LogP contribution in [0.5, 0.6) is 0 Å². The highest BCUT2D eigenvalue weighted by Crippen LogP contribution is 2.42. The normalized spacial score (nSPS) is 32.0. The van der Waals surface area contributed by atoms with E-state index in [0.717, 1.165) is 17.9 Å². The molecule has 3 atom stereocenters. The second-order valence-corrected chi connectivity index (χ2v) is 7.21. The minimum absolute atomic E-state index is 0.499. The van der Waals surface area contributed by atoms with Gasteiger partial charge in [0.25, 0.3) is 0 Å². The van der Waals surface area contributed by atoms with Crippen molar-refractivity contribution in [1.29, 1.82) is 0 Å².